The summed E-state index contributed by atoms with van der Waals surface area (Å²) in [5.41, 5.74) is 1.25. The number of nitrogens with zero attached hydrogens (tertiary/aromatic N) is 3. The predicted octanol–water partition coefficient (Wildman–Crippen LogP) is 3.68. The molecule has 0 spiro atoms. The van der Waals surface area contributed by atoms with Crippen molar-refractivity contribution in [2.75, 3.05) is 20.2 Å². The Hall–Kier alpha value is -2.55. The first kappa shape index (κ1) is 22.7. The quantitative estimate of drug-likeness (QED) is 0.202. The van der Waals surface area contributed by atoms with Crippen molar-refractivity contribution < 1.29 is 4.74 Å². The number of nitrogens with one attached hydrogen (secondary N) is 2. The minimum atomic E-state index is 0. The highest BCUT2D eigenvalue weighted by Crippen LogP contribution is 2.08. The maximum absolute atomic E-state index is 5.70. The number of hydrogen-bond donors (Lipinski definition) is 2. The number of guanidine groups is 1. The number of ether oxygens (including phenoxy) is 1. The van der Waals surface area contributed by atoms with E-state index < -0.39 is 0 Å². The lowest BCUT2D eigenvalue weighted by atomic mass is 10.2. The van der Waals surface area contributed by atoms with Gasteiger partial charge in [-0.15, -0.1) is 24.0 Å². The summed E-state index contributed by atoms with van der Waals surface area (Å²) in [6.45, 7) is 2.86. The van der Waals surface area contributed by atoms with Crippen LogP contribution in [0.4, 0.5) is 0 Å². The molecule has 0 amide bonds. The minimum Gasteiger partial charge on any atom is -0.494 e. The van der Waals surface area contributed by atoms with E-state index >= 15 is 0 Å². The molecule has 3 aromatic rings. The van der Waals surface area contributed by atoms with Gasteiger partial charge in [-0.05, 0) is 24.1 Å². The zero-order valence-electron chi connectivity index (χ0n) is 16.6. The van der Waals surface area contributed by atoms with Crippen LogP contribution in [0.25, 0.3) is 0 Å². The standard InChI is InChI=1S/C22H27N5O.HI/c1-23-22(25-13-8-16-28-20-11-6-3-7-12-20)26-17-21-24-14-15-27(21)18-19-9-4-2-5-10-19;/h2-7,9-12,14-15H,8,13,16-18H2,1H3,(H2,23,25,26);1H. The van der Waals surface area contributed by atoms with Crippen molar-refractivity contribution in [3.8, 4) is 5.75 Å². The Morgan fingerprint density at radius 1 is 1.03 bits per heavy atom. The van der Waals surface area contributed by atoms with Crippen LogP contribution in [-0.2, 0) is 13.1 Å². The second-order valence-electron chi connectivity index (χ2n) is 6.32. The van der Waals surface area contributed by atoms with Gasteiger partial charge in [0.25, 0.3) is 0 Å². The Bertz CT molecular complexity index is 852. The maximum atomic E-state index is 5.70. The van der Waals surface area contributed by atoms with Crippen LogP contribution >= 0.6 is 24.0 Å². The fourth-order valence-corrected chi connectivity index (χ4v) is 2.80. The first-order valence-electron chi connectivity index (χ1n) is 9.51. The average molecular weight is 505 g/mol. The van der Waals surface area contributed by atoms with Crippen LogP contribution in [0, 0.1) is 0 Å². The molecule has 7 heteroatoms. The third kappa shape index (κ3) is 7.77. The molecule has 0 aliphatic heterocycles. The third-order valence-corrected chi connectivity index (χ3v) is 4.26. The van der Waals surface area contributed by atoms with Gasteiger partial charge in [-0.3, -0.25) is 4.99 Å². The van der Waals surface area contributed by atoms with Crippen molar-refractivity contribution in [2.24, 2.45) is 4.99 Å². The summed E-state index contributed by atoms with van der Waals surface area (Å²) < 4.78 is 7.84. The second kappa shape index (κ2) is 12.8. The Kier molecular flexibility index (Phi) is 10.1. The van der Waals surface area contributed by atoms with E-state index in [2.05, 4.69) is 49.4 Å². The van der Waals surface area contributed by atoms with Crippen LogP contribution in [0.2, 0.25) is 0 Å². The van der Waals surface area contributed by atoms with Gasteiger partial charge in [0.2, 0.25) is 0 Å². The molecule has 0 aliphatic rings. The fraction of sp³-hybridized carbons (Fsp3) is 0.273. The van der Waals surface area contributed by atoms with E-state index in [-0.39, 0.29) is 24.0 Å². The van der Waals surface area contributed by atoms with Crippen LogP contribution in [-0.4, -0.2) is 35.7 Å². The molecule has 0 saturated carbocycles. The van der Waals surface area contributed by atoms with Crippen molar-refractivity contribution in [3.05, 3.63) is 84.4 Å². The van der Waals surface area contributed by atoms with E-state index in [1.165, 1.54) is 5.56 Å². The van der Waals surface area contributed by atoms with Crippen molar-refractivity contribution in [1.29, 1.82) is 0 Å². The first-order valence-corrected chi connectivity index (χ1v) is 9.51. The lowest BCUT2D eigenvalue weighted by Gasteiger charge is -2.13. The molecule has 29 heavy (non-hydrogen) atoms. The summed E-state index contributed by atoms with van der Waals surface area (Å²) in [6.07, 6.45) is 4.72. The molecule has 0 atom stereocenters. The number of halogens is 1. The number of para-hydroxylation sites is 1. The van der Waals surface area contributed by atoms with Gasteiger partial charge in [-0.2, -0.15) is 0 Å². The highest BCUT2D eigenvalue weighted by Gasteiger charge is 2.05. The van der Waals surface area contributed by atoms with Crippen LogP contribution in [0.5, 0.6) is 5.75 Å². The van der Waals surface area contributed by atoms with E-state index in [0.29, 0.717) is 13.2 Å². The summed E-state index contributed by atoms with van der Waals surface area (Å²) in [6, 6.07) is 20.2. The van der Waals surface area contributed by atoms with E-state index in [1.807, 2.05) is 48.8 Å². The SMILES string of the molecule is CN=C(NCCCOc1ccccc1)NCc1nccn1Cc1ccccc1.I. The number of aliphatic imine (C=N–C) groups is 1. The van der Waals surface area contributed by atoms with Crippen molar-refractivity contribution in [3.63, 3.8) is 0 Å². The normalized spacial score (nSPS) is 10.9. The zero-order valence-corrected chi connectivity index (χ0v) is 19.0. The second-order valence-corrected chi connectivity index (χ2v) is 6.32. The Morgan fingerprint density at radius 2 is 1.76 bits per heavy atom. The van der Waals surface area contributed by atoms with Gasteiger partial charge in [-0.25, -0.2) is 4.98 Å². The molecule has 1 heterocycles. The van der Waals surface area contributed by atoms with Crippen LogP contribution in [0.1, 0.15) is 17.8 Å². The molecule has 1 aromatic heterocycles. The Morgan fingerprint density at radius 3 is 2.48 bits per heavy atom. The molecular weight excluding hydrogens is 477 g/mol. The van der Waals surface area contributed by atoms with Crippen LogP contribution in [0.15, 0.2) is 78.0 Å². The lowest BCUT2D eigenvalue weighted by molar-refractivity contribution is 0.311. The summed E-state index contributed by atoms with van der Waals surface area (Å²) in [5, 5.41) is 6.63. The predicted molar refractivity (Wildman–Crippen MR) is 128 cm³/mol. The Labute approximate surface area is 189 Å². The van der Waals surface area contributed by atoms with E-state index in [4.69, 9.17) is 4.74 Å². The first-order chi connectivity index (χ1) is 13.8. The number of hydrogen-bond acceptors (Lipinski definition) is 3. The fourth-order valence-electron chi connectivity index (χ4n) is 2.80. The maximum Gasteiger partial charge on any atom is 0.191 e. The smallest absolute Gasteiger partial charge is 0.191 e. The molecule has 0 saturated heterocycles. The molecule has 2 aromatic carbocycles. The molecule has 0 unspecified atom stereocenters. The summed E-state index contributed by atoms with van der Waals surface area (Å²) >= 11 is 0. The molecular formula is C22H28IN5O. The number of rotatable bonds is 9. The summed E-state index contributed by atoms with van der Waals surface area (Å²) in [4.78, 5) is 8.73. The number of benzene rings is 2. The van der Waals surface area contributed by atoms with Gasteiger partial charge in [0.1, 0.15) is 11.6 Å². The van der Waals surface area contributed by atoms with Gasteiger partial charge in [0, 0.05) is 32.5 Å². The monoisotopic (exact) mass is 505 g/mol. The molecule has 154 valence electrons. The van der Waals surface area contributed by atoms with Gasteiger partial charge in [0.05, 0.1) is 13.2 Å². The molecule has 3 rings (SSSR count). The highest BCUT2D eigenvalue weighted by atomic mass is 127. The van der Waals surface area contributed by atoms with Gasteiger partial charge in [0.15, 0.2) is 5.96 Å². The zero-order chi connectivity index (χ0) is 19.4. The lowest BCUT2D eigenvalue weighted by Crippen LogP contribution is -2.38. The molecule has 0 aliphatic carbocycles. The van der Waals surface area contributed by atoms with Crippen LogP contribution in [0.3, 0.4) is 0 Å². The van der Waals surface area contributed by atoms with Crippen molar-refractivity contribution in [1.82, 2.24) is 20.2 Å². The summed E-state index contributed by atoms with van der Waals surface area (Å²) in [7, 11) is 1.77. The molecule has 2 N–H and O–H groups in total. The van der Waals surface area contributed by atoms with Crippen molar-refractivity contribution >= 4 is 29.9 Å². The average Bonchev–Trinajstić information content (AvgIpc) is 3.18. The highest BCUT2D eigenvalue weighted by molar-refractivity contribution is 14.0. The molecule has 6 nitrogen and oxygen atoms in total. The van der Waals surface area contributed by atoms with E-state index in [9.17, 15) is 0 Å². The van der Waals surface area contributed by atoms with E-state index in [1.54, 1.807) is 7.05 Å². The Balaban J connectivity index is 0.00000300. The largest absolute Gasteiger partial charge is 0.494 e. The van der Waals surface area contributed by atoms with Gasteiger partial charge >= 0.3 is 0 Å². The molecule has 0 fully saturated rings. The van der Waals surface area contributed by atoms with Crippen molar-refractivity contribution in [2.45, 2.75) is 19.5 Å². The minimum absolute atomic E-state index is 0. The van der Waals surface area contributed by atoms with Gasteiger partial charge < -0.3 is 19.9 Å². The van der Waals surface area contributed by atoms with Crippen LogP contribution < -0.4 is 15.4 Å². The van der Waals surface area contributed by atoms with Gasteiger partial charge in [-0.1, -0.05) is 48.5 Å². The molecule has 0 radical (unpaired) electrons. The molecule has 0 bridgehead atoms. The summed E-state index contributed by atoms with van der Waals surface area (Å²) in [5.74, 6) is 2.63. The third-order valence-electron chi connectivity index (χ3n) is 4.26. The topological polar surface area (TPSA) is 63.5 Å². The number of imidazole rings is 1. The number of aromatic nitrogens is 2. The van der Waals surface area contributed by atoms with E-state index in [0.717, 1.165) is 37.0 Å².